The third-order valence-electron chi connectivity index (χ3n) is 2.39. The zero-order chi connectivity index (χ0) is 8.67. The van der Waals surface area contributed by atoms with Crippen LogP contribution in [0.3, 0.4) is 0 Å². The largest absolute Gasteiger partial charge is 0.370 e. The number of nitrogens with zero attached hydrogens (tertiary/aromatic N) is 1. The maximum absolute atomic E-state index is 5.32. The van der Waals surface area contributed by atoms with Gasteiger partial charge in [0.2, 0.25) is 0 Å². The van der Waals surface area contributed by atoms with Gasteiger partial charge in [-0.2, -0.15) is 0 Å². The zero-order valence-electron chi connectivity index (χ0n) is 7.16. The van der Waals surface area contributed by atoms with Gasteiger partial charge < -0.3 is 4.74 Å². The Morgan fingerprint density at radius 1 is 1.15 bits per heavy atom. The number of para-hydroxylation sites is 1. The van der Waals surface area contributed by atoms with Crippen molar-refractivity contribution in [3.8, 4) is 0 Å². The van der Waals surface area contributed by atoms with Crippen molar-refractivity contribution >= 4 is 10.9 Å². The van der Waals surface area contributed by atoms with Crippen molar-refractivity contribution in [2.75, 3.05) is 0 Å². The normalized spacial score (nSPS) is 14.8. The lowest BCUT2D eigenvalue weighted by molar-refractivity contribution is 0.133. The van der Waals surface area contributed by atoms with Crippen LogP contribution in [0.2, 0.25) is 0 Å². The summed E-state index contributed by atoms with van der Waals surface area (Å²) in [4.78, 5) is 4.53. The maximum Gasteiger partial charge on any atom is 0.0896 e. The second-order valence-corrected chi connectivity index (χ2v) is 3.28. The molecular weight excluding hydrogens is 162 g/mol. The van der Waals surface area contributed by atoms with Crippen LogP contribution in [0.4, 0.5) is 0 Å². The highest BCUT2D eigenvalue weighted by Gasteiger charge is 2.12. The van der Waals surface area contributed by atoms with Crippen LogP contribution in [0.5, 0.6) is 0 Å². The van der Waals surface area contributed by atoms with Gasteiger partial charge in [-0.1, -0.05) is 18.2 Å². The smallest absolute Gasteiger partial charge is 0.0896 e. The van der Waals surface area contributed by atoms with Crippen molar-refractivity contribution in [3.05, 3.63) is 41.6 Å². The van der Waals surface area contributed by atoms with Crippen LogP contribution in [-0.2, 0) is 18.0 Å². The fraction of sp³-hybridized carbons (Fsp3) is 0.182. The molecule has 0 fully saturated rings. The van der Waals surface area contributed by atoms with E-state index in [2.05, 4.69) is 17.1 Å². The van der Waals surface area contributed by atoms with Crippen molar-refractivity contribution in [3.63, 3.8) is 0 Å². The fourth-order valence-corrected chi connectivity index (χ4v) is 1.71. The lowest BCUT2D eigenvalue weighted by Gasteiger charge is -1.99. The van der Waals surface area contributed by atoms with Crippen LogP contribution in [-0.4, -0.2) is 4.98 Å². The Balaban J connectivity index is 2.36. The Kier molecular flexibility index (Phi) is 1.37. The Bertz CT molecular complexity index is 422. The molecule has 0 saturated carbocycles. The highest BCUT2D eigenvalue weighted by molar-refractivity contribution is 5.79. The summed E-state index contributed by atoms with van der Waals surface area (Å²) in [5.41, 5.74) is 3.39. The second kappa shape index (κ2) is 2.54. The number of aromatic nitrogens is 1. The van der Waals surface area contributed by atoms with Gasteiger partial charge in [-0.05, 0) is 12.1 Å². The van der Waals surface area contributed by atoms with Crippen LogP contribution in [0.15, 0.2) is 30.3 Å². The number of ether oxygens (including phenoxy) is 1. The number of hydrogen-bond donors (Lipinski definition) is 0. The Morgan fingerprint density at radius 2 is 2.08 bits per heavy atom. The SMILES string of the molecule is c1ccc2nc3c(cc2c1)COC3. The molecule has 0 saturated heterocycles. The minimum atomic E-state index is 0.667. The van der Waals surface area contributed by atoms with Crippen LogP contribution in [0.25, 0.3) is 10.9 Å². The quantitative estimate of drug-likeness (QED) is 0.606. The summed E-state index contributed by atoms with van der Waals surface area (Å²) in [7, 11) is 0. The molecule has 2 aromatic rings. The van der Waals surface area contributed by atoms with E-state index in [-0.39, 0.29) is 0 Å². The van der Waals surface area contributed by atoms with E-state index in [1.54, 1.807) is 0 Å². The summed E-state index contributed by atoms with van der Waals surface area (Å²) in [5, 5.41) is 1.20. The van der Waals surface area contributed by atoms with Gasteiger partial charge in [0, 0.05) is 10.9 Å². The Labute approximate surface area is 76.2 Å². The first-order chi connectivity index (χ1) is 6.43. The number of benzene rings is 1. The Morgan fingerprint density at radius 3 is 3.08 bits per heavy atom. The summed E-state index contributed by atoms with van der Waals surface area (Å²) >= 11 is 0. The molecule has 3 rings (SSSR count). The average molecular weight is 171 g/mol. The third-order valence-corrected chi connectivity index (χ3v) is 2.39. The number of hydrogen-bond acceptors (Lipinski definition) is 2. The van der Waals surface area contributed by atoms with Gasteiger partial charge in [0.1, 0.15) is 0 Å². The topological polar surface area (TPSA) is 22.1 Å². The molecule has 13 heavy (non-hydrogen) atoms. The fourth-order valence-electron chi connectivity index (χ4n) is 1.71. The molecule has 2 heterocycles. The van der Waals surface area contributed by atoms with E-state index >= 15 is 0 Å². The molecule has 0 atom stereocenters. The van der Waals surface area contributed by atoms with E-state index < -0.39 is 0 Å². The van der Waals surface area contributed by atoms with E-state index in [1.165, 1.54) is 10.9 Å². The van der Waals surface area contributed by atoms with Gasteiger partial charge >= 0.3 is 0 Å². The second-order valence-electron chi connectivity index (χ2n) is 3.28. The highest BCUT2D eigenvalue weighted by Crippen LogP contribution is 2.22. The van der Waals surface area contributed by atoms with Gasteiger partial charge in [0.15, 0.2) is 0 Å². The molecule has 1 aromatic carbocycles. The van der Waals surface area contributed by atoms with Crippen LogP contribution in [0, 0.1) is 0 Å². The van der Waals surface area contributed by atoms with E-state index in [9.17, 15) is 0 Å². The lowest BCUT2D eigenvalue weighted by atomic mass is 10.1. The predicted octanol–water partition coefficient (Wildman–Crippen LogP) is 2.26. The third kappa shape index (κ3) is 1.03. The van der Waals surface area contributed by atoms with Gasteiger partial charge in [0.05, 0.1) is 24.4 Å². The maximum atomic E-state index is 5.32. The molecule has 0 unspecified atom stereocenters. The highest BCUT2D eigenvalue weighted by atomic mass is 16.5. The molecule has 0 N–H and O–H groups in total. The van der Waals surface area contributed by atoms with Gasteiger partial charge in [0.25, 0.3) is 0 Å². The predicted molar refractivity (Wildman–Crippen MR) is 50.2 cm³/mol. The molecule has 64 valence electrons. The van der Waals surface area contributed by atoms with Crippen molar-refractivity contribution < 1.29 is 4.74 Å². The van der Waals surface area contributed by atoms with Crippen molar-refractivity contribution in [2.24, 2.45) is 0 Å². The minimum absolute atomic E-state index is 0.667. The van der Waals surface area contributed by atoms with E-state index in [0.29, 0.717) is 13.2 Å². The molecule has 0 amide bonds. The van der Waals surface area contributed by atoms with E-state index in [0.717, 1.165) is 11.2 Å². The number of pyridine rings is 1. The summed E-state index contributed by atoms with van der Waals surface area (Å²) in [5.74, 6) is 0. The molecule has 0 spiro atoms. The molecule has 1 aromatic heterocycles. The molecule has 0 bridgehead atoms. The molecule has 0 aliphatic carbocycles. The summed E-state index contributed by atoms with van der Waals surface area (Å²) in [6.45, 7) is 1.38. The standard InChI is InChI=1S/C11H9NO/c1-2-4-10-8(3-1)5-9-6-13-7-11(9)12-10/h1-5H,6-7H2. The van der Waals surface area contributed by atoms with Crippen LogP contribution < -0.4 is 0 Å². The molecule has 1 aliphatic heterocycles. The number of rotatable bonds is 0. The van der Waals surface area contributed by atoms with E-state index in [1.807, 2.05) is 18.2 Å². The van der Waals surface area contributed by atoms with Crippen LogP contribution >= 0.6 is 0 Å². The molecular formula is C11H9NO. The number of fused-ring (bicyclic) bond motifs is 2. The monoisotopic (exact) mass is 171 g/mol. The van der Waals surface area contributed by atoms with Crippen molar-refractivity contribution in [1.82, 2.24) is 4.98 Å². The molecule has 1 aliphatic rings. The van der Waals surface area contributed by atoms with Gasteiger partial charge in [-0.25, -0.2) is 4.98 Å². The molecule has 2 heteroatoms. The molecule has 2 nitrogen and oxygen atoms in total. The van der Waals surface area contributed by atoms with Crippen molar-refractivity contribution in [2.45, 2.75) is 13.2 Å². The van der Waals surface area contributed by atoms with E-state index in [4.69, 9.17) is 4.74 Å². The summed E-state index contributed by atoms with van der Waals surface area (Å²) in [6, 6.07) is 10.3. The first-order valence-electron chi connectivity index (χ1n) is 4.39. The minimum Gasteiger partial charge on any atom is -0.370 e. The van der Waals surface area contributed by atoms with Gasteiger partial charge in [-0.15, -0.1) is 0 Å². The first-order valence-corrected chi connectivity index (χ1v) is 4.39. The average Bonchev–Trinajstić information content (AvgIpc) is 2.61. The lowest BCUT2D eigenvalue weighted by Crippen LogP contribution is -1.88. The Hall–Kier alpha value is -1.41. The summed E-state index contributed by atoms with van der Waals surface area (Å²) < 4.78 is 5.32. The summed E-state index contributed by atoms with van der Waals surface area (Å²) in [6.07, 6.45) is 0. The van der Waals surface area contributed by atoms with Crippen LogP contribution in [0.1, 0.15) is 11.3 Å². The zero-order valence-corrected chi connectivity index (χ0v) is 7.16. The van der Waals surface area contributed by atoms with Crippen molar-refractivity contribution in [1.29, 1.82) is 0 Å². The first kappa shape index (κ1) is 7.04. The van der Waals surface area contributed by atoms with Gasteiger partial charge in [-0.3, -0.25) is 0 Å². The molecule has 0 radical (unpaired) electrons.